The molecule has 1 saturated heterocycles. The average Bonchev–Trinajstić information content (AvgIpc) is 2.87. The summed E-state index contributed by atoms with van der Waals surface area (Å²) in [5.41, 5.74) is 6.36. The minimum atomic E-state index is 0.491. The minimum Gasteiger partial charge on any atom is -0.375 e. The van der Waals surface area contributed by atoms with Gasteiger partial charge in [-0.05, 0) is 44.1 Å². The first kappa shape index (κ1) is 10.1. The van der Waals surface area contributed by atoms with Crippen LogP contribution in [0.25, 0.3) is 0 Å². The molecule has 3 nitrogen and oxygen atoms in total. The van der Waals surface area contributed by atoms with E-state index < -0.39 is 0 Å². The van der Waals surface area contributed by atoms with Crippen molar-refractivity contribution in [2.24, 2.45) is 11.1 Å². The summed E-state index contributed by atoms with van der Waals surface area (Å²) in [5.74, 6) is 0. The van der Waals surface area contributed by atoms with E-state index in [2.05, 4.69) is 4.90 Å². The van der Waals surface area contributed by atoms with Crippen LogP contribution in [0, 0.1) is 5.41 Å². The Hall–Kier alpha value is -0.120. The van der Waals surface area contributed by atoms with Crippen LogP contribution >= 0.6 is 0 Å². The second kappa shape index (κ2) is 3.72. The summed E-state index contributed by atoms with van der Waals surface area (Å²) in [5, 5.41) is 0. The van der Waals surface area contributed by atoms with Crippen molar-refractivity contribution >= 4 is 0 Å². The Morgan fingerprint density at radius 3 is 2.93 bits per heavy atom. The lowest BCUT2D eigenvalue weighted by Crippen LogP contribution is -2.51. The molecule has 3 rings (SSSR count). The summed E-state index contributed by atoms with van der Waals surface area (Å²) < 4.78 is 5.83. The summed E-state index contributed by atoms with van der Waals surface area (Å²) in [7, 11) is 0. The maximum atomic E-state index is 5.87. The van der Waals surface area contributed by atoms with E-state index in [1.165, 1.54) is 38.6 Å². The van der Waals surface area contributed by atoms with E-state index >= 15 is 0 Å². The van der Waals surface area contributed by atoms with Gasteiger partial charge in [0, 0.05) is 19.1 Å². The van der Waals surface area contributed by atoms with Crippen LogP contribution < -0.4 is 5.73 Å². The molecule has 0 radical (unpaired) electrons. The zero-order chi connectivity index (χ0) is 10.3. The summed E-state index contributed by atoms with van der Waals surface area (Å²) in [6.07, 6.45) is 7.19. The standard InChI is InChI=1S/C12H22N2O/c13-8-12(4-5-12)9-14-6-7-15-11-3-1-2-10(11)14/h10-11H,1-9,13H2. The Bertz CT molecular complexity index is 240. The number of nitrogens with zero attached hydrogens (tertiary/aromatic N) is 1. The fourth-order valence-electron chi connectivity index (χ4n) is 3.24. The fourth-order valence-corrected chi connectivity index (χ4v) is 3.24. The van der Waals surface area contributed by atoms with Crippen LogP contribution in [0.15, 0.2) is 0 Å². The van der Waals surface area contributed by atoms with Crippen molar-refractivity contribution in [3.05, 3.63) is 0 Å². The summed E-state index contributed by atoms with van der Waals surface area (Å²) in [4.78, 5) is 2.67. The van der Waals surface area contributed by atoms with Gasteiger partial charge in [0.2, 0.25) is 0 Å². The number of rotatable bonds is 3. The first-order valence-electron chi connectivity index (χ1n) is 6.39. The zero-order valence-electron chi connectivity index (χ0n) is 9.45. The molecule has 0 bridgehead atoms. The first-order chi connectivity index (χ1) is 7.33. The number of hydrogen-bond acceptors (Lipinski definition) is 3. The predicted molar refractivity (Wildman–Crippen MR) is 59.7 cm³/mol. The van der Waals surface area contributed by atoms with Crippen molar-refractivity contribution in [3.8, 4) is 0 Å². The SMILES string of the molecule is NCC1(CN2CCOC3CCCC32)CC1. The van der Waals surface area contributed by atoms with Gasteiger partial charge in [0.25, 0.3) is 0 Å². The third-order valence-electron chi connectivity index (χ3n) is 4.53. The van der Waals surface area contributed by atoms with Crippen molar-refractivity contribution in [1.82, 2.24) is 4.90 Å². The Morgan fingerprint density at radius 1 is 1.33 bits per heavy atom. The highest BCUT2D eigenvalue weighted by Crippen LogP contribution is 2.46. The minimum absolute atomic E-state index is 0.491. The fraction of sp³-hybridized carbons (Fsp3) is 1.00. The Balaban J connectivity index is 1.64. The van der Waals surface area contributed by atoms with Crippen molar-refractivity contribution in [3.63, 3.8) is 0 Å². The van der Waals surface area contributed by atoms with Gasteiger partial charge in [-0.3, -0.25) is 4.90 Å². The summed E-state index contributed by atoms with van der Waals surface area (Å²) in [6, 6.07) is 0.711. The highest BCUT2D eigenvalue weighted by Gasteiger charge is 2.46. The lowest BCUT2D eigenvalue weighted by atomic mass is 10.0. The first-order valence-corrected chi connectivity index (χ1v) is 6.39. The predicted octanol–water partition coefficient (Wildman–Crippen LogP) is 0.979. The molecular weight excluding hydrogens is 188 g/mol. The largest absolute Gasteiger partial charge is 0.375 e. The molecule has 2 unspecified atom stereocenters. The van der Waals surface area contributed by atoms with Gasteiger partial charge in [0.05, 0.1) is 12.7 Å². The molecule has 0 aromatic rings. The second-order valence-electron chi connectivity index (χ2n) is 5.58. The average molecular weight is 210 g/mol. The van der Waals surface area contributed by atoms with Crippen LogP contribution in [0.3, 0.4) is 0 Å². The van der Waals surface area contributed by atoms with Gasteiger partial charge in [-0.2, -0.15) is 0 Å². The Morgan fingerprint density at radius 2 is 2.20 bits per heavy atom. The molecule has 3 heteroatoms. The smallest absolute Gasteiger partial charge is 0.0730 e. The van der Waals surface area contributed by atoms with Gasteiger partial charge in [0.1, 0.15) is 0 Å². The monoisotopic (exact) mass is 210 g/mol. The molecule has 2 atom stereocenters. The number of fused-ring (bicyclic) bond motifs is 1. The molecule has 2 N–H and O–H groups in total. The van der Waals surface area contributed by atoms with Gasteiger partial charge >= 0.3 is 0 Å². The summed E-state index contributed by atoms with van der Waals surface area (Å²) in [6.45, 7) is 4.17. The van der Waals surface area contributed by atoms with E-state index in [-0.39, 0.29) is 0 Å². The van der Waals surface area contributed by atoms with Crippen LogP contribution in [-0.2, 0) is 4.74 Å². The highest BCUT2D eigenvalue weighted by molar-refractivity contribution is 4.99. The van der Waals surface area contributed by atoms with Crippen LogP contribution in [0.4, 0.5) is 0 Å². The van der Waals surface area contributed by atoms with Crippen molar-refractivity contribution in [1.29, 1.82) is 0 Å². The molecular formula is C12H22N2O. The maximum Gasteiger partial charge on any atom is 0.0730 e. The normalized spacial score (nSPS) is 39.0. The van der Waals surface area contributed by atoms with Crippen molar-refractivity contribution in [2.75, 3.05) is 26.2 Å². The van der Waals surface area contributed by atoms with Crippen molar-refractivity contribution in [2.45, 2.75) is 44.2 Å². The number of nitrogens with two attached hydrogens (primary N) is 1. The lowest BCUT2D eigenvalue weighted by Gasteiger charge is -2.39. The molecule has 1 aliphatic heterocycles. The quantitative estimate of drug-likeness (QED) is 0.754. The zero-order valence-corrected chi connectivity index (χ0v) is 9.45. The van der Waals surface area contributed by atoms with Crippen LogP contribution in [0.1, 0.15) is 32.1 Å². The van der Waals surface area contributed by atoms with Crippen LogP contribution in [0.2, 0.25) is 0 Å². The number of ether oxygens (including phenoxy) is 1. The number of hydrogen-bond donors (Lipinski definition) is 1. The van der Waals surface area contributed by atoms with Gasteiger partial charge in [-0.25, -0.2) is 0 Å². The molecule has 0 amide bonds. The van der Waals surface area contributed by atoms with Crippen LogP contribution in [0.5, 0.6) is 0 Å². The molecule has 3 fully saturated rings. The van der Waals surface area contributed by atoms with Crippen LogP contribution in [-0.4, -0.2) is 43.3 Å². The molecule has 0 aromatic heterocycles. The highest BCUT2D eigenvalue weighted by atomic mass is 16.5. The van der Waals surface area contributed by atoms with E-state index in [1.54, 1.807) is 0 Å². The molecule has 86 valence electrons. The van der Waals surface area contributed by atoms with Crippen molar-refractivity contribution < 1.29 is 4.74 Å². The van der Waals surface area contributed by atoms with Gasteiger partial charge in [-0.15, -0.1) is 0 Å². The topological polar surface area (TPSA) is 38.5 Å². The molecule has 2 aliphatic carbocycles. The number of morpholine rings is 1. The van der Waals surface area contributed by atoms with Gasteiger partial charge in [0.15, 0.2) is 0 Å². The molecule has 0 spiro atoms. The van der Waals surface area contributed by atoms with E-state index in [4.69, 9.17) is 10.5 Å². The third kappa shape index (κ3) is 1.81. The lowest BCUT2D eigenvalue weighted by molar-refractivity contribution is -0.0613. The van der Waals surface area contributed by atoms with E-state index in [1.807, 2.05) is 0 Å². The van der Waals surface area contributed by atoms with Gasteiger partial charge in [-0.1, -0.05) is 0 Å². The molecule has 15 heavy (non-hydrogen) atoms. The summed E-state index contributed by atoms with van der Waals surface area (Å²) >= 11 is 0. The molecule has 3 aliphatic rings. The van der Waals surface area contributed by atoms with Gasteiger partial charge < -0.3 is 10.5 Å². The third-order valence-corrected chi connectivity index (χ3v) is 4.53. The molecule has 0 aromatic carbocycles. The van der Waals surface area contributed by atoms with E-state index in [0.29, 0.717) is 17.6 Å². The van der Waals surface area contributed by atoms with E-state index in [0.717, 1.165) is 19.7 Å². The molecule has 2 saturated carbocycles. The Labute approximate surface area is 91.9 Å². The van der Waals surface area contributed by atoms with E-state index in [9.17, 15) is 0 Å². The maximum absolute atomic E-state index is 5.87. The second-order valence-corrected chi connectivity index (χ2v) is 5.58. The molecule has 1 heterocycles. The Kier molecular flexibility index (Phi) is 2.49.